The molecule has 1 saturated carbocycles. The van der Waals surface area contributed by atoms with Crippen molar-refractivity contribution in [2.45, 2.75) is 26.2 Å². The minimum Gasteiger partial charge on any atom is -0.469 e. The molecule has 1 fully saturated rings. The molecule has 0 spiro atoms. The van der Waals surface area contributed by atoms with E-state index in [2.05, 4.69) is 0 Å². The van der Waals surface area contributed by atoms with Gasteiger partial charge in [0.25, 0.3) is 0 Å². The van der Waals surface area contributed by atoms with Crippen LogP contribution in [0.25, 0.3) is 0 Å². The Labute approximate surface area is 72.2 Å². The van der Waals surface area contributed by atoms with Crippen LogP contribution in [0.3, 0.4) is 0 Å². The van der Waals surface area contributed by atoms with E-state index in [0.29, 0.717) is 6.61 Å². The van der Waals surface area contributed by atoms with E-state index in [9.17, 15) is 0 Å². The zero-order valence-corrected chi connectivity index (χ0v) is 7.34. The standard InChI is InChI=1S/C10H14O2/c1-8-2-5-12-9(8)6-10(7-11)3-4-10/h2,5,11H,3-4,6-7H2,1H3. The smallest absolute Gasteiger partial charge is 0.107 e. The Morgan fingerprint density at radius 2 is 2.33 bits per heavy atom. The summed E-state index contributed by atoms with van der Waals surface area (Å²) in [5, 5.41) is 9.10. The summed E-state index contributed by atoms with van der Waals surface area (Å²) in [5.74, 6) is 1.04. The van der Waals surface area contributed by atoms with Gasteiger partial charge >= 0.3 is 0 Å². The maximum Gasteiger partial charge on any atom is 0.107 e. The van der Waals surface area contributed by atoms with Crippen molar-refractivity contribution in [1.29, 1.82) is 0 Å². The molecule has 12 heavy (non-hydrogen) atoms. The average Bonchev–Trinajstić information content (AvgIpc) is 2.74. The minimum atomic E-state index is 0.169. The SMILES string of the molecule is Cc1ccoc1CC1(CO)CC1. The Hall–Kier alpha value is -0.760. The van der Waals surface area contributed by atoms with Crippen molar-refractivity contribution in [2.24, 2.45) is 5.41 Å². The molecule has 0 unspecified atom stereocenters. The molecule has 1 aromatic heterocycles. The maximum atomic E-state index is 9.10. The van der Waals surface area contributed by atoms with Crippen molar-refractivity contribution in [3.8, 4) is 0 Å². The molecule has 0 bridgehead atoms. The van der Waals surface area contributed by atoms with Gasteiger partial charge in [0.2, 0.25) is 0 Å². The summed E-state index contributed by atoms with van der Waals surface area (Å²) in [6.07, 6.45) is 4.91. The molecule has 1 aliphatic carbocycles. The molecule has 2 nitrogen and oxygen atoms in total. The van der Waals surface area contributed by atoms with Crippen LogP contribution >= 0.6 is 0 Å². The molecule has 0 atom stereocenters. The van der Waals surface area contributed by atoms with E-state index >= 15 is 0 Å². The molecule has 1 aromatic rings. The largest absolute Gasteiger partial charge is 0.469 e. The first-order valence-electron chi connectivity index (χ1n) is 4.40. The van der Waals surface area contributed by atoms with Gasteiger partial charge in [-0.05, 0) is 31.4 Å². The molecule has 0 aromatic carbocycles. The van der Waals surface area contributed by atoms with Gasteiger partial charge in [-0.2, -0.15) is 0 Å². The Bertz CT molecular complexity index is 271. The van der Waals surface area contributed by atoms with Gasteiger partial charge in [0.1, 0.15) is 5.76 Å². The molecule has 2 rings (SSSR count). The van der Waals surface area contributed by atoms with Crippen molar-refractivity contribution < 1.29 is 9.52 Å². The number of rotatable bonds is 3. The van der Waals surface area contributed by atoms with Crippen molar-refractivity contribution in [3.63, 3.8) is 0 Å². The summed E-state index contributed by atoms with van der Waals surface area (Å²) >= 11 is 0. The van der Waals surface area contributed by atoms with Gasteiger partial charge in [-0.25, -0.2) is 0 Å². The van der Waals surface area contributed by atoms with Crippen LogP contribution in [0, 0.1) is 12.3 Å². The quantitative estimate of drug-likeness (QED) is 0.744. The third kappa shape index (κ3) is 1.27. The summed E-state index contributed by atoms with van der Waals surface area (Å²) in [6.45, 7) is 2.35. The molecular formula is C10H14O2. The highest BCUT2D eigenvalue weighted by Crippen LogP contribution is 2.48. The summed E-state index contributed by atoms with van der Waals surface area (Å²) in [6, 6.07) is 1.97. The Kier molecular flexibility index (Phi) is 1.72. The third-order valence-electron chi connectivity index (χ3n) is 2.80. The van der Waals surface area contributed by atoms with Gasteiger partial charge in [0.05, 0.1) is 6.26 Å². The summed E-state index contributed by atoms with van der Waals surface area (Å²) < 4.78 is 5.33. The topological polar surface area (TPSA) is 33.4 Å². The van der Waals surface area contributed by atoms with Crippen molar-refractivity contribution in [1.82, 2.24) is 0 Å². The normalized spacial score (nSPS) is 19.5. The van der Waals surface area contributed by atoms with Crippen LogP contribution in [0.4, 0.5) is 0 Å². The van der Waals surface area contributed by atoms with Crippen LogP contribution in [-0.2, 0) is 6.42 Å². The summed E-state index contributed by atoms with van der Waals surface area (Å²) in [4.78, 5) is 0. The molecule has 1 N–H and O–H groups in total. The van der Waals surface area contributed by atoms with Crippen LogP contribution in [0.15, 0.2) is 16.7 Å². The van der Waals surface area contributed by atoms with Gasteiger partial charge in [0, 0.05) is 18.4 Å². The van der Waals surface area contributed by atoms with Crippen molar-refractivity contribution >= 4 is 0 Å². The number of aliphatic hydroxyl groups excluding tert-OH is 1. The molecule has 0 amide bonds. The Morgan fingerprint density at radius 1 is 1.58 bits per heavy atom. The van der Waals surface area contributed by atoms with Crippen molar-refractivity contribution in [2.75, 3.05) is 6.61 Å². The lowest BCUT2D eigenvalue weighted by atomic mass is 10.0. The lowest BCUT2D eigenvalue weighted by Crippen LogP contribution is -2.09. The summed E-state index contributed by atoms with van der Waals surface area (Å²) in [7, 11) is 0. The molecule has 66 valence electrons. The van der Waals surface area contributed by atoms with Crippen molar-refractivity contribution in [3.05, 3.63) is 23.7 Å². The molecule has 0 aliphatic heterocycles. The number of furan rings is 1. The van der Waals surface area contributed by atoms with E-state index in [1.54, 1.807) is 6.26 Å². The number of aryl methyl sites for hydroxylation is 1. The van der Waals surface area contributed by atoms with Gasteiger partial charge < -0.3 is 9.52 Å². The molecule has 0 saturated heterocycles. The van der Waals surface area contributed by atoms with Gasteiger partial charge in [-0.3, -0.25) is 0 Å². The predicted octanol–water partition coefficient (Wildman–Crippen LogP) is 1.90. The van der Waals surface area contributed by atoms with E-state index in [1.165, 1.54) is 5.56 Å². The second kappa shape index (κ2) is 2.63. The lowest BCUT2D eigenvalue weighted by molar-refractivity contribution is 0.204. The van der Waals surface area contributed by atoms with E-state index in [4.69, 9.17) is 9.52 Å². The second-order valence-corrected chi connectivity index (χ2v) is 3.86. The van der Waals surface area contributed by atoms with Gasteiger partial charge in [-0.15, -0.1) is 0 Å². The fraction of sp³-hybridized carbons (Fsp3) is 0.600. The molecule has 1 heterocycles. The van der Waals surface area contributed by atoms with Crippen LogP contribution in [0.5, 0.6) is 0 Å². The fourth-order valence-corrected chi connectivity index (χ4v) is 1.49. The minimum absolute atomic E-state index is 0.169. The monoisotopic (exact) mass is 166 g/mol. The first-order valence-corrected chi connectivity index (χ1v) is 4.40. The first-order chi connectivity index (χ1) is 5.76. The molecule has 1 aliphatic rings. The first kappa shape index (κ1) is 7.87. The Balaban J connectivity index is 2.08. The van der Waals surface area contributed by atoms with Crippen LogP contribution in [-0.4, -0.2) is 11.7 Å². The Morgan fingerprint density at radius 3 is 2.75 bits per heavy atom. The van der Waals surface area contributed by atoms with E-state index in [1.807, 2.05) is 13.0 Å². The second-order valence-electron chi connectivity index (χ2n) is 3.86. The fourth-order valence-electron chi connectivity index (χ4n) is 1.49. The number of aliphatic hydroxyl groups is 1. The highest BCUT2D eigenvalue weighted by molar-refractivity contribution is 5.18. The molecule has 0 radical (unpaired) electrons. The third-order valence-corrected chi connectivity index (χ3v) is 2.80. The maximum absolute atomic E-state index is 9.10. The highest BCUT2D eigenvalue weighted by atomic mass is 16.3. The predicted molar refractivity (Wildman–Crippen MR) is 45.9 cm³/mol. The zero-order chi connectivity index (χ0) is 8.60. The number of hydrogen-bond acceptors (Lipinski definition) is 2. The van der Waals surface area contributed by atoms with E-state index in [-0.39, 0.29) is 5.41 Å². The van der Waals surface area contributed by atoms with Gasteiger partial charge in [0.15, 0.2) is 0 Å². The molecule has 2 heteroatoms. The highest BCUT2D eigenvalue weighted by Gasteiger charge is 2.42. The zero-order valence-electron chi connectivity index (χ0n) is 7.34. The average molecular weight is 166 g/mol. The van der Waals surface area contributed by atoms with Crippen LogP contribution < -0.4 is 0 Å². The van der Waals surface area contributed by atoms with Crippen LogP contribution in [0.1, 0.15) is 24.2 Å². The van der Waals surface area contributed by atoms with Gasteiger partial charge in [-0.1, -0.05) is 0 Å². The lowest BCUT2D eigenvalue weighted by Gasteiger charge is -2.08. The summed E-state index contributed by atoms with van der Waals surface area (Å²) in [5.41, 5.74) is 1.37. The van der Waals surface area contributed by atoms with Crippen LogP contribution in [0.2, 0.25) is 0 Å². The van der Waals surface area contributed by atoms with E-state index in [0.717, 1.165) is 25.0 Å². The van der Waals surface area contributed by atoms with E-state index < -0.39 is 0 Å². The number of hydrogen-bond donors (Lipinski definition) is 1. The molecular weight excluding hydrogens is 152 g/mol.